The van der Waals surface area contributed by atoms with E-state index in [1.165, 1.54) is 32.0 Å². The van der Waals surface area contributed by atoms with Gasteiger partial charge in [0.1, 0.15) is 11.6 Å². The maximum absolute atomic E-state index is 14.5. The first-order chi connectivity index (χ1) is 15.0. The summed E-state index contributed by atoms with van der Waals surface area (Å²) >= 11 is 0. The second-order valence-electron chi connectivity index (χ2n) is 8.89. The van der Waals surface area contributed by atoms with Gasteiger partial charge < -0.3 is 10.3 Å². The summed E-state index contributed by atoms with van der Waals surface area (Å²) in [6, 6.07) is 2.59. The normalized spacial score (nSPS) is 19.4. The number of carbonyl (C=O) groups excluding carboxylic acids is 2. The Balaban J connectivity index is 1.44. The molecule has 4 rings (SSSR count). The molecule has 1 aromatic heterocycles. The molecule has 168 valence electrons. The van der Waals surface area contributed by atoms with E-state index in [2.05, 4.69) is 15.2 Å². The van der Waals surface area contributed by atoms with E-state index < -0.39 is 11.7 Å². The van der Waals surface area contributed by atoms with Crippen molar-refractivity contribution in [3.63, 3.8) is 0 Å². The molecular weight excluding hydrogens is 399 g/mol. The van der Waals surface area contributed by atoms with Gasteiger partial charge in [-0.05, 0) is 31.7 Å². The molecule has 0 bridgehead atoms. The van der Waals surface area contributed by atoms with Crippen molar-refractivity contribution in [1.29, 1.82) is 0 Å². The molecule has 2 aliphatic rings. The van der Waals surface area contributed by atoms with Gasteiger partial charge in [0.05, 0.1) is 23.1 Å². The quantitative estimate of drug-likeness (QED) is 0.714. The lowest BCUT2D eigenvalue weighted by atomic mass is 9.94. The van der Waals surface area contributed by atoms with Crippen molar-refractivity contribution >= 4 is 22.7 Å². The van der Waals surface area contributed by atoms with Crippen LogP contribution >= 0.6 is 0 Å². The molecule has 0 atom stereocenters. The van der Waals surface area contributed by atoms with E-state index in [1.54, 1.807) is 4.57 Å². The van der Waals surface area contributed by atoms with E-state index in [1.807, 2.05) is 0 Å². The Hall–Kier alpha value is -2.48. The van der Waals surface area contributed by atoms with Crippen molar-refractivity contribution in [2.45, 2.75) is 57.4 Å². The Morgan fingerprint density at radius 2 is 1.77 bits per heavy atom. The van der Waals surface area contributed by atoms with E-state index in [9.17, 15) is 18.8 Å². The summed E-state index contributed by atoms with van der Waals surface area (Å²) < 4.78 is 16.1. The van der Waals surface area contributed by atoms with Crippen LogP contribution in [0.5, 0.6) is 0 Å². The highest BCUT2D eigenvalue weighted by atomic mass is 19.1. The molecule has 1 aliphatic heterocycles. The predicted molar refractivity (Wildman–Crippen MR) is 117 cm³/mol. The Morgan fingerprint density at radius 3 is 2.42 bits per heavy atom. The number of piperidine rings is 1. The molecule has 2 heterocycles. The summed E-state index contributed by atoms with van der Waals surface area (Å²) in [6.45, 7) is 1.96. The maximum Gasteiger partial charge on any atom is 0.326 e. The summed E-state index contributed by atoms with van der Waals surface area (Å²) in [7, 11) is 1.44. The molecule has 0 spiro atoms. The van der Waals surface area contributed by atoms with Gasteiger partial charge in [-0.2, -0.15) is 0 Å². The maximum atomic E-state index is 14.5. The zero-order chi connectivity index (χ0) is 22.0. The lowest BCUT2D eigenvalue weighted by molar-refractivity contribution is -0.124. The first kappa shape index (κ1) is 21.7. The largest absolute Gasteiger partial charge is 0.355 e. The van der Waals surface area contributed by atoms with Crippen LogP contribution in [0.3, 0.4) is 0 Å². The minimum Gasteiger partial charge on any atom is -0.355 e. The summed E-state index contributed by atoms with van der Waals surface area (Å²) in [5.41, 5.74) is 0.547. The van der Waals surface area contributed by atoms with Crippen molar-refractivity contribution < 1.29 is 14.0 Å². The molecule has 0 radical (unpaired) electrons. The highest BCUT2D eigenvalue weighted by Crippen LogP contribution is 2.28. The smallest absolute Gasteiger partial charge is 0.326 e. The van der Waals surface area contributed by atoms with Gasteiger partial charge in [0.2, 0.25) is 0 Å². The zero-order valence-electron chi connectivity index (χ0n) is 18.1. The number of amides is 1. The first-order valence-corrected chi connectivity index (χ1v) is 11.4. The number of fused-ring (bicyclic) bond motifs is 1. The number of hydrogen-bond acceptors (Lipinski definition) is 4. The van der Waals surface area contributed by atoms with Gasteiger partial charge in [-0.25, -0.2) is 9.18 Å². The second kappa shape index (κ2) is 9.34. The highest BCUT2D eigenvalue weighted by Gasteiger charge is 2.28. The zero-order valence-corrected chi connectivity index (χ0v) is 18.1. The molecule has 31 heavy (non-hydrogen) atoms. The lowest BCUT2D eigenvalue weighted by Crippen LogP contribution is -2.40. The van der Waals surface area contributed by atoms with Crippen LogP contribution in [0.4, 0.5) is 4.39 Å². The van der Waals surface area contributed by atoms with E-state index >= 15 is 0 Å². The number of nitrogens with zero attached hydrogens (tertiary/aromatic N) is 2. The number of aromatic nitrogens is 2. The molecule has 2 aromatic rings. The number of halogens is 1. The van der Waals surface area contributed by atoms with Crippen molar-refractivity contribution in [2.24, 2.45) is 5.92 Å². The Kier molecular flexibility index (Phi) is 6.55. The van der Waals surface area contributed by atoms with Gasteiger partial charge >= 0.3 is 5.69 Å². The van der Waals surface area contributed by atoms with Crippen LogP contribution in [0.1, 0.15) is 67.8 Å². The number of likely N-dealkylation sites (tertiary alicyclic amines) is 1. The number of benzene rings is 1. The average Bonchev–Trinajstić information content (AvgIpc) is 2.93. The van der Waals surface area contributed by atoms with Crippen molar-refractivity contribution in [1.82, 2.24) is 19.8 Å². The van der Waals surface area contributed by atoms with Gasteiger partial charge in [0.15, 0.2) is 0 Å². The Bertz CT molecular complexity index is 1010. The van der Waals surface area contributed by atoms with Crippen LogP contribution in [-0.2, 0) is 4.79 Å². The Labute approximate surface area is 181 Å². The summed E-state index contributed by atoms with van der Waals surface area (Å²) in [5, 5.41) is 2.41. The molecule has 2 N–H and O–H groups in total. The fourth-order valence-corrected chi connectivity index (χ4v) is 5.10. The number of aromatic amines is 1. The minimum absolute atomic E-state index is 0.0595. The minimum atomic E-state index is -0.647. The lowest BCUT2D eigenvalue weighted by Gasteiger charge is -2.32. The fraction of sp³-hybridized carbons (Fsp3) is 0.609. The van der Waals surface area contributed by atoms with Gasteiger partial charge in [-0.3, -0.25) is 19.1 Å². The van der Waals surface area contributed by atoms with E-state index in [-0.39, 0.29) is 23.2 Å². The molecular formula is C23H31FN4O3. The molecule has 1 amide bonds. The number of imidazole rings is 1. The van der Waals surface area contributed by atoms with Crippen LogP contribution in [0.2, 0.25) is 0 Å². The SMILES string of the molecule is CNC(=O)c1cc2[nH]c(=O)n(C3CCN(CC(=O)C4CCCCCC4)CC3)c2cc1F. The van der Waals surface area contributed by atoms with Crippen LogP contribution < -0.4 is 11.0 Å². The number of ketones is 1. The van der Waals surface area contributed by atoms with E-state index in [0.29, 0.717) is 23.4 Å². The third-order valence-corrected chi connectivity index (χ3v) is 6.89. The molecule has 2 fully saturated rings. The average molecular weight is 431 g/mol. The molecule has 8 heteroatoms. The number of H-pyrrole nitrogens is 1. The van der Waals surface area contributed by atoms with Gasteiger partial charge in [0, 0.05) is 38.2 Å². The second-order valence-corrected chi connectivity index (χ2v) is 8.89. The molecule has 1 saturated carbocycles. The van der Waals surface area contributed by atoms with Gasteiger partial charge in [0.25, 0.3) is 5.91 Å². The molecule has 0 unspecified atom stereocenters. The molecule has 1 aromatic carbocycles. The summed E-state index contributed by atoms with van der Waals surface area (Å²) in [6.07, 6.45) is 8.26. The number of hydrogen-bond donors (Lipinski definition) is 2. The Morgan fingerprint density at radius 1 is 1.10 bits per heavy atom. The summed E-state index contributed by atoms with van der Waals surface area (Å²) in [4.78, 5) is 42.1. The van der Waals surface area contributed by atoms with Crippen LogP contribution in [-0.4, -0.2) is 52.8 Å². The van der Waals surface area contributed by atoms with Crippen LogP contribution in [0.15, 0.2) is 16.9 Å². The number of rotatable bonds is 5. The third kappa shape index (κ3) is 4.59. The number of nitrogens with one attached hydrogen (secondary N) is 2. The fourth-order valence-electron chi connectivity index (χ4n) is 5.10. The molecule has 1 saturated heterocycles. The standard InChI is InChI=1S/C23H31FN4O3/c1-25-22(30)17-12-19-20(13-18(17)24)28(23(31)26-19)16-8-10-27(11-9-16)14-21(29)15-6-4-2-3-5-7-15/h12-13,15-16H,2-11,14H2,1H3,(H,25,30)(H,26,31). The highest BCUT2D eigenvalue weighted by molar-refractivity contribution is 5.97. The van der Waals surface area contributed by atoms with Gasteiger partial charge in [-0.15, -0.1) is 0 Å². The van der Waals surface area contributed by atoms with Crippen LogP contribution in [0, 0.1) is 11.7 Å². The topological polar surface area (TPSA) is 87.2 Å². The molecule has 7 nitrogen and oxygen atoms in total. The summed E-state index contributed by atoms with van der Waals surface area (Å²) in [5.74, 6) is -0.618. The number of Topliss-reactive ketones (excluding diaryl/α,β-unsaturated/α-hetero) is 1. The van der Waals surface area contributed by atoms with Crippen LogP contribution in [0.25, 0.3) is 11.0 Å². The monoisotopic (exact) mass is 430 g/mol. The van der Waals surface area contributed by atoms with Gasteiger partial charge in [-0.1, -0.05) is 25.7 Å². The third-order valence-electron chi connectivity index (χ3n) is 6.89. The van der Waals surface area contributed by atoms with Crippen molar-refractivity contribution in [3.05, 3.63) is 34.0 Å². The predicted octanol–water partition coefficient (Wildman–Crippen LogP) is 3.00. The van der Waals surface area contributed by atoms with E-state index in [0.717, 1.165) is 51.6 Å². The van der Waals surface area contributed by atoms with Crippen molar-refractivity contribution in [3.8, 4) is 0 Å². The first-order valence-electron chi connectivity index (χ1n) is 11.4. The van der Waals surface area contributed by atoms with E-state index in [4.69, 9.17) is 0 Å². The van der Waals surface area contributed by atoms with Crippen molar-refractivity contribution in [2.75, 3.05) is 26.7 Å². The molecule has 1 aliphatic carbocycles. The number of carbonyl (C=O) groups is 2.